The van der Waals surface area contributed by atoms with Gasteiger partial charge in [0.1, 0.15) is 5.01 Å². The highest BCUT2D eigenvalue weighted by Gasteiger charge is 2.18. The van der Waals surface area contributed by atoms with Gasteiger partial charge in [-0.25, -0.2) is 14.6 Å². The molecule has 1 unspecified atom stereocenters. The highest BCUT2D eigenvalue weighted by Crippen LogP contribution is 2.17. The van der Waals surface area contributed by atoms with Gasteiger partial charge >= 0.3 is 12.0 Å². The van der Waals surface area contributed by atoms with Gasteiger partial charge in [-0.05, 0) is 27.7 Å². The van der Waals surface area contributed by atoms with E-state index in [9.17, 15) is 9.59 Å². The minimum Gasteiger partial charge on any atom is -0.476 e. The fraction of sp³-hybridized carbons (Fsp3) is 0.545. The molecule has 3 N–H and O–H groups in total. The molecule has 0 saturated heterocycles. The zero-order valence-corrected chi connectivity index (χ0v) is 11.6. The van der Waals surface area contributed by atoms with Crippen molar-refractivity contribution < 1.29 is 14.7 Å². The Bertz CT molecular complexity index is 451. The maximum atomic E-state index is 11.6. The average Bonchev–Trinajstić information content (AvgIpc) is 2.62. The van der Waals surface area contributed by atoms with E-state index < -0.39 is 5.97 Å². The normalized spacial score (nSPS) is 12.9. The number of urea groups is 1. The number of hydrogen-bond acceptors (Lipinski definition) is 4. The number of thiazole rings is 1. The Kier molecular flexibility index (Phi) is 4.28. The van der Waals surface area contributed by atoms with Gasteiger partial charge < -0.3 is 15.7 Å². The van der Waals surface area contributed by atoms with E-state index in [-0.39, 0.29) is 23.3 Å². The van der Waals surface area contributed by atoms with Crippen molar-refractivity contribution in [2.24, 2.45) is 0 Å². The predicted octanol–water partition coefficient (Wildman–Crippen LogP) is 2.00. The molecule has 1 aromatic heterocycles. The molecular formula is C11H17N3O3S. The number of carboxylic acids is 1. The number of amides is 2. The van der Waals surface area contributed by atoms with Crippen LogP contribution in [-0.4, -0.2) is 27.6 Å². The Morgan fingerprint density at radius 2 is 2.06 bits per heavy atom. The number of nitrogens with zero attached hydrogens (tertiary/aromatic N) is 1. The van der Waals surface area contributed by atoms with E-state index >= 15 is 0 Å². The van der Waals surface area contributed by atoms with Gasteiger partial charge in [0, 0.05) is 10.9 Å². The number of aromatic nitrogens is 1. The van der Waals surface area contributed by atoms with E-state index in [2.05, 4.69) is 15.6 Å². The highest BCUT2D eigenvalue weighted by atomic mass is 32.1. The molecule has 1 atom stereocenters. The number of carbonyl (C=O) groups excluding carboxylic acids is 1. The van der Waals surface area contributed by atoms with Gasteiger partial charge in [0.15, 0.2) is 5.69 Å². The van der Waals surface area contributed by atoms with Gasteiger partial charge in [-0.2, -0.15) is 0 Å². The van der Waals surface area contributed by atoms with E-state index in [1.54, 1.807) is 6.92 Å². The van der Waals surface area contributed by atoms with Crippen molar-refractivity contribution in [1.29, 1.82) is 0 Å². The van der Waals surface area contributed by atoms with Crippen LogP contribution in [0.5, 0.6) is 0 Å². The quantitative estimate of drug-likeness (QED) is 0.784. The fourth-order valence-corrected chi connectivity index (χ4v) is 2.02. The van der Waals surface area contributed by atoms with E-state index in [1.165, 1.54) is 16.7 Å². The summed E-state index contributed by atoms with van der Waals surface area (Å²) >= 11 is 1.21. The minimum atomic E-state index is -1.07. The molecule has 0 aromatic carbocycles. The average molecular weight is 271 g/mol. The van der Waals surface area contributed by atoms with Gasteiger partial charge in [0.25, 0.3) is 0 Å². The minimum absolute atomic E-state index is 0.000112. The van der Waals surface area contributed by atoms with Crippen LogP contribution >= 0.6 is 11.3 Å². The van der Waals surface area contributed by atoms with Crippen LogP contribution in [0.2, 0.25) is 0 Å². The first kappa shape index (κ1) is 14.4. The van der Waals surface area contributed by atoms with Crippen molar-refractivity contribution >= 4 is 23.3 Å². The van der Waals surface area contributed by atoms with Crippen molar-refractivity contribution in [2.75, 3.05) is 0 Å². The SMILES string of the molecule is CC(NC(=O)NC(C)(C)C)c1nc(C(=O)O)cs1. The lowest BCUT2D eigenvalue weighted by atomic mass is 10.1. The van der Waals surface area contributed by atoms with Crippen LogP contribution in [0.25, 0.3) is 0 Å². The van der Waals surface area contributed by atoms with Crippen molar-refractivity contribution in [2.45, 2.75) is 39.3 Å². The molecule has 100 valence electrons. The van der Waals surface area contributed by atoms with E-state index in [0.29, 0.717) is 5.01 Å². The van der Waals surface area contributed by atoms with Crippen LogP contribution in [0.3, 0.4) is 0 Å². The lowest BCUT2D eigenvalue weighted by Gasteiger charge is -2.22. The van der Waals surface area contributed by atoms with Crippen LogP contribution in [0.15, 0.2) is 5.38 Å². The molecule has 7 heteroatoms. The molecule has 6 nitrogen and oxygen atoms in total. The number of carbonyl (C=O) groups is 2. The summed E-state index contributed by atoms with van der Waals surface area (Å²) in [5.74, 6) is -1.07. The highest BCUT2D eigenvalue weighted by molar-refractivity contribution is 7.09. The fourth-order valence-electron chi connectivity index (χ4n) is 1.22. The summed E-state index contributed by atoms with van der Waals surface area (Å²) in [6.07, 6.45) is 0. The van der Waals surface area contributed by atoms with Gasteiger partial charge in [-0.15, -0.1) is 11.3 Å². The topological polar surface area (TPSA) is 91.3 Å². The first-order valence-corrected chi connectivity index (χ1v) is 6.34. The Morgan fingerprint density at radius 3 is 2.50 bits per heavy atom. The second-order valence-corrected chi connectivity index (χ2v) is 5.84. The van der Waals surface area contributed by atoms with Crippen molar-refractivity contribution in [3.8, 4) is 0 Å². The first-order chi connectivity index (χ1) is 8.19. The standard InChI is InChI=1S/C11H17N3O3S/c1-6(12-10(17)14-11(2,3)4)8-13-7(5-18-8)9(15)16/h5-6H,1-4H3,(H,15,16)(H2,12,14,17). The second-order valence-electron chi connectivity index (χ2n) is 4.95. The molecule has 18 heavy (non-hydrogen) atoms. The zero-order chi connectivity index (χ0) is 13.9. The number of aromatic carboxylic acids is 1. The number of carboxylic acid groups (broad SMARTS) is 1. The molecule has 0 bridgehead atoms. The molecule has 0 aliphatic heterocycles. The van der Waals surface area contributed by atoms with E-state index in [0.717, 1.165) is 0 Å². The van der Waals surface area contributed by atoms with Crippen LogP contribution in [-0.2, 0) is 0 Å². The monoisotopic (exact) mass is 271 g/mol. The summed E-state index contributed by atoms with van der Waals surface area (Å²) in [4.78, 5) is 26.2. The van der Waals surface area contributed by atoms with Crippen LogP contribution in [0.4, 0.5) is 4.79 Å². The Balaban J connectivity index is 2.62. The summed E-state index contributed by atoms with van der Waals surface area (Å²) in [6.45, 7) is 7.39. The summed E-state index contributed by atoms with van der Waals surface area (Å²) < 4.78 is 0. The molecule has 2 amide bonds. The molecular weight excluding hydrogens is 254 g/mol. The largest absolute Gasteiger partial charge is 0.476 e. The molecule has 1 rings (SSSR count). The summed E-state index contributed by atoms with van der Waals surface area (Å²) in [6, 6.07) is -0.632. The maximum Gasteiger partial charge on any atom is 0.355 e. The molecule has 0 fully saturated rings. The van der Waals surface area contributed by atoms with E-state index in [1.807, 2.05) is 20.8 Å². The molecule has 0 spiro atoms. The van der Waals surface area contributed by atoms with Crippen LogP contribution < -0.4 is 10.6 Å². The molecule has 0 radical (unpaired) electrons. The third-order valence-electron chi connectivity index (χ3n) is 1.95. The summed E-state index contributed by atoms with van der Waals surface area (Å²) in [5, 5.41) is 16.3. The first-order valence-electron chi connectivity index (χ1n) is 5.46. The summed E-state index contributed by atoms with van der Waals surface area (Å²) in [7, 11) is 0. The van der Waals surface area contributed by atoms with Crippen LogP contribution in [0.1, 0.15) is 49.2 Å². The Labute approximate surface area is 109 Å². The molecule has 1 aromatic rings. The van der Waals surface area contributed by atoms with Gasteiger partial charge in [-0.1, -0.05) is 0 Å². The lowest BCUT2D eigenvalue weighted by molar-refractivity contribution is 0.0691. The Morgan fingerprint density at radius 1 is 1.44 bits per heavy atom. The number of nitrogens with one attached hydrogen (secondary N) is 2. The lowest BCUT2D eigenvalue weighted by Crippen LogP contribution is -2.47. The second kappa shape index (κ2) is 5.34. The van der Waals surface area contributed by atoms with Gasteiger partial charge in [0.2, 0.25) is 0 Å². The smallest absolute Gasteiger partial charge is 0.355 e. The maximum absolute atomic E-state index is 11.6. The number of hydrogen-bond donors (Lipinski definition) is 3. The van der Waals surface area contributed by atoms with E-state index in [4.69, 9.17) is 5.11 Å². The predicted molar refractivity (Wildman–Crippen MR) is 68.9 cm³/mol. The van der Waals surface area contributed by atoms with Crippen molar-refractivity contribution in [3.05, 3.63) is 16.1 Å². The molecule has 0 aliphatic rings. The zero-order valence-electron chi connectivity index (χ0n) is 10.8. The molecule has 1 heterocycles. The molecule has 0 saturated carbocycles. The van der Waals surface area contributed by atoms with Crippen molar-refractivity contribution in [3.63, 3.8) is 0 Å². The van der Waals surface area contributed by atoms with Gasteiger partial charge in [-0.3, -0.25) is 0 Å². The van der Waals surface area contributed by atoms with Crippen LogP contribution in [0, 0.1) is 0 Å². The van der Waals surface area contributed by atoms with Gasteiger partial charge in [0.05, 0.1) is 6.04 Å². The third-order valence-corrected chi connectivity index (χ3v) is 2.98. The third kappa shape index (κ3) is 4.33. The Hall–Kier alpha value is -1.63. The summed E-state index contributed by atoms with van der Waals surface area (Å²) in [5.41, 5.74) is -0.321. The van der Waals surface area contributed by atoms with Crippen molar-refractivity contribution in [1.82, 2.24) is 15.6 Å². The number of rotatable bonds is 3. The molecule has 0 aliphatic carbocycles.